The van der Waals surface area contributed by atoms with Crippen molar-refractivity contribution in [3.05, 3.63) is 0 Å². The maximum Gasteiger partial charge on any atom is 0.0572 e. The smallest absolute Gasteiger partial charge is 0.0572 e. The van der Waals surface area contributed by atoms with Crippen LogP contribution in [0.3, 0.4) is 0 Å². The van der Waals surface area contributed by atoms with Crippen LogP contribution >= 0.6 is 0 Å². The van der Waals surface area contributed by atoms with Crippen LogP contribution < -0.4 is 0 Å². The minimum Gasteiger partial charge on any atom is -0.395 e. The van der Waals surface area contributed by atoms with Gasteiger partial charge < -0.3 is 10.2 Å². The molecule has 0 spiro atoms. The highest BCUT2D eigenvalue weighted by Crippen LogP contribution is 1.95. The first-order valence-electron chi connectivity index (χ1n) is 4.51. The summed E-state index contributed by atoms with van der Waals surface area (Å²) in [4.78, 5) is 0. The van der Waals surface area contributed by atoms with Gasteiger partial charge in [-0.15, -0.1) is 0 Å². The average Bonchev–Trinajstić information content (AvgIpc) is 2.07. The summed E-state index contributed by atoms with van der Waals surface area (Å²) in [5.74, 6) is 0. The minimum atomic E-state index is 0.135. The lowest BCUT2D eigenvalue weighted by Crippen LogP contribution is -2.45. The Kier molecular flexibility index (Phi) is 7.39. The van der Waals surface area contributed by atoms with Gasteiger partial charge >= 0.3 is 0 Å². The first kappa shape index (κ1) is 11.8. The zero-order valence-corrected chi connectivity index (χ0v) is 8.03. The Hall–Kier alpha value is -0.160. The molecule has 0 fully saturated rings. The van der Waals surface area contributed by atoms with Gasteiger partial charge in [0.15, 0.2) is 0 Å². The molecule has 0 radical (unpaired) electrons. The summed E-state index contributed by atoms with van der Waals surface area (Å²) in [6.45, 7) is 7.42. The molecule has 0 heterocycles. The Morgan fingerprint density at radius 3 is 1.50 bits per heavy atom. The molecule has 0 bridgehead atoms. The highest BCUT2D eigenvalue weighted by molar-refractivity contribution is 4.53. The average molecular weight is 176 g/mol. The van der Waals surface area contributed by atoms with Gasteiger partial charge in [0, 0.05) is 26.2 Å². The fourth-order valence-corrected chi connectivity index (χ4v) is 1.25. The van der Waals surface area contributed by atoms with Crippen molar-refractivity contribution in [1.29, 1.82) is 0 Å². The molecule has 0 aromatic heterocycles. The van der Waals surface area contributed by atoms with E-state index < -0.39 is 0 Å². The highest BCUT2D eigenvalue weighted by atomic mass is 16.3. The molecule has 0 aromatic carbocycles. The molecule has 0 rings (SSSR count). The van der Waals surface area contributed by atoms with Crippen molar-refractivity contribution in [3.63, 3.8) is 0 Å². The van der Waals surface area contributed by atoms with E-state index in [0.29, 0.717) is 13.1 Å². The van der Waals surface area contributed by atoms with E-state index >= 15 is 0 Å². The summed E-state index contributed by atoms with van der Waals surface area (Å²) >= 11 is 0. The molecule has 4 nitrogen and oxygen atoms in total. The molecular formula is C8H20N2O2. The Morgan fingerprint density at radius 2 is 1.25 bits per heavy atom. The van der Waals surface area contributed by atoms with Crippen molar-refractivity contribution in [2.24, 2.45) is 0 Å². The number of nitrogens with zero attached hydrogens (tertiary/aromatic N) is 2. The van der Waals surface area contributed by atoms with Crippen molar-refractivity contribution in [2.75, 3.05) is 39.4 Å². The molecule has 2 N–H and O–H groups in total. The van der Waals surface area contributed by atoms with Gasteiger partial charge in [0.2, 0.25) is 0 Å². The zero-order valence-electron chi connectivity index (χ0n) is 8.03. The first-order chi connectivity index (χ1) is 5.79. The Balaban J connectivity index is 3.86. The molecule has 74 valence electrons. The van der Waals surface area contributed by atoms with E-state index in [1.807, 2.05) is 5.01 Å². The summed E-state index contributed by atoms with van der Waals surface area (Å²) in [6.07, 6.45) is 0. The largest absolute Gasteiger partial charge is 0.395 e. The fraction of sp³-hybridized carbons (Fsp3) is 1.00. The summed E-state index contributed by atoms with van der Waals surface area (Å²) in [7, 11) is 0. The Bertz CT molecular complexity index is 91.1. The number of aliphatic hydroxyl groups excluding tert-OH is 2. The SMILES string of the molecule is CCN(CC)N(CCO)CCO. The topological polar surface area (TPSA) is 46.9 Å². The van der Waals surface area contributed by atoms with E-state index in [-0.39, 0.29) is 13.2 Å². The van der Waals surface area contributed by atoms with Crippen LogP contribution in [0.5, 0.6) is 0 Å². The summed E-state index contributed by atoms with van der Waals surface area (Å²) in [5.41, 5.74) is 0. The molecular weight excluding hydrogens is 156 g/mol. The first-order valence-corrected chi connectivity index (χ1v) is 4.51. The van der Waals surface area contributed by atoms with Crippen LogP contribution in [0.15, 0.2) is 0 Å². The predicted molar refractivity (Wildman–Crippen MR) is 48.7 cm³/mol. The van der Waals surface area contributed by atoms with E-state index in [2.05, 4.69) is 18.9 Å². The van der Waals surface area contributed by atoms with Crippen LogP contribution in [0.1, 0.15) is 13.8 Å². The number of hydrogen-bond acceptors (Lipinski definition) is 4. The molecule has 0 aromatic rings. The third kappa shape index (κ3) is 4.01. The van der Waals surface area contributed by atoms with Crippen LogP contribution in [0.2, 0.25) is 0 Å². The molecule has 12 heavy (non-hydrogen) atoms. The van der Waals surface area contributed by atoms with E-state index in [0.717, 1.165) is 13.1 Å². The van der Waals surface area contributed by atoms with Crippen LogP contribution in [-0.2, 0) is 0 Å². The van der Waals surface area contributed by atoms with Crippen LogP contribution in [0, 0.1) is 0 Å². The highest BCUT2D eigenvalue weighted by Gasteiger charge is 2.09. The van der Waals surface area contributed by atoms with Gasteiger partial charge in [-0.05, 0) is 0 Å². The van der Waals surface area contributed by atoms with Crippen molar-refractivity contribution in [2.45, 2.75) is 13.8 Å². The molecule has 4 heteroatoms. The van der Waals surface area contributed by atoms with E-state index in [1.165, 1.54) is 0 Å². The maximum absolute atomic E-state index is 8.75. The molecule has 0 atom stereocenters. The molecule has 0 amide bonds. The maximum atomic E-state index is 8.75. The minimum absolute atomic E-state index is 0.135. The number of rotatable bonds is 7. The van der Waals surface area contributed by atoms with Crippen molar-refractivity contribution in [1.82, 2.24) is 10.0 Å². The van der Waals surface area contributed by atoms with Crippen molar-refractivity contribution >= 4 is 0 Å². The Morgan fingerprint density at radius 1 is 0.833 bits per heavy atom. The van der Waals surface area contributed by atoms with Crippen molar-refractivity contribution < 1.29 is 10.2 Å². The number of hydrazine groups is 1. The molecule has 0 unspecified atom stereocenters. The second kappa shape index (κ2) is 7.49. The van der Waals surface area contributed by atoms with Gasteiger partial charge in [-0.2, -0.15) is 0 Å². The van der Waals surface area contributed by atoms with Crippen LogP contribution in [0.4, 0.5) is 0 Å². The van der Waals surface area contributed by atoms with Gasteiger partial charge in [0.1, 0.15) is 0 Å². The molecule has 0 saturated carbocycles. The Labute approximate surface area is 74.4 Å². The van der Waals surface area contributed by atoms with Crippen LogP contribution in [-0.4, -0.2) is 59.6 Å². The number of hydrogen-bond donors (Lipinski definition) is 2. The fourth-order valence-electron chi connectivity index (χ4n) is 1.25. The normalized spacial score (nSPS) is 11.5. The second-order valence-electron chi connectivity index (χ2n) is 2.54. The van der Waals surface area contributed by atoms with Gasteiger partial charge in [0.05, 0.1) is 13.2 Å². The lowest BCUT2D eigenvalue weighted by Gasteiger charge is -2.32. The summed E-state index contributed by atoms with van der Waals surface area (Å²) < 4.78 is 0. The predicted octanol–water partition coefficient (Wildman–Crippen LogP) is -0.470. The molecule has 0 saturated heterocycles. The summed E-state index contributed by atoms with van der Waals surface area (Å²) in [6, 6.07) is 0. The van der Waals surface area contributed by atoms with Crippen molar-refractivity contribution in [3.8, 4) is 0 Å². The summed E-state index contributed by atoms with van der Waals surface area (Å²) in [5, 5.41) is 21.6. The zero-order chi connectivity index (χ0) is 9.40. The lowest BCUT2D eigenvalue weighted by molar-refractivity contribution is -0.0370. The monoisotopic (exact) mass is 176 g/mol. The van der Waals surface area contributed by atoms with Gasteiger partial charge in [-0.25, -0.2) is 10.0 Å². The van der Waals surface area contributed by atoms with Gasteiger partial charge in [-0.3, -0.25) is 0 Å². The van der Waals surface area contributed by atoms with E-state index in [4.69, 9.17) is 10.2 Å². The molecule has 0 aliphatic carbocycles. The third-order valence-electron chi connectivity index (χ3n) is 1.85. The third-order valence-corrected chi connectivity index (χ3v) is 1.85. The second-order valence-corrected chi connectivity index (χ2v) is 2.54. The van der Waals surface area contributed by atoms with Gasteiger partial charge in [0.25, 0.3) is 0 Å². The van der Waals surface area contributed by atoms with Crippen LogP contribution in [0.25, 0.3) is 0 Å². The molecule has 0 aliphatic heterocycles. The van der Waals surface area contributed by atoms with E-state index in [1.54, 1.807) is 0 Å². The lowest BCUT2D eigenvalue weighted by atomic mass is 10.5. The number of aliphatic hydroxyl groups is 2. The van der Waals surface area contributed by atoms with Gasteiger partial charge in [-0.1, -0.05) is 13.8 Å². The molecule has 0 aliphatic rings. The standard InChI is InChI=1S/C8H20N2O2/c1-3-9(4-2)10(5-7-11)6-8-12/h11-12H,3-8H2,1-2H3. The van der Waals surface area contributed by atoms with E-state index in [9.17, 15) is 0 Å². The quantitative estimate of drug-likeness (QED) is 0.515.